The number of nitrogens with one attached hydrogen (secondary N) is 6. The van der Waals surface area contributed by atoms with Gasteiger partial charge in [0.1, 0.15) is 18.8 Å². The molecule has 7 N–H and O–H groups in total. The van der Waals surface area contributed by atoms with Gasteiger partial charge in [0, 0.05) is 105 Å². The summed E-state index contributed by atoms with van der Waals surface area (Å²) in [5, 5.41) is 40.1. The van der Waals surface area contributed by atoms with Gasteiger partial charge in [-0.25, -0.2) is 9.59 Å². The van der Waals surface area contributed by atoms with Crippen molar-refractivity contribution in [3.63, 3.8) is 0 Å². The minimum Gasteiger partial charge on any atom is -0.556 e. The molecular formula is C73H98B3N13O14. The summed E-state index contributed by atoms with van der Waals surface area (Å²) in [5.41, 5.74) is 15.3. The lowest BCUT2D eigenvalue weighted by Crippen LogP contribution is -2.47. The van der Waals surface area contributed by atoms with E-state index in [2.05, 4.69) is 49.4 Å². The van der Waals surface area contributed by atoms with Crippen LogP contribution in [0.15, 0.2) is 91.9 Å². The molecule has 0 saturated carbocycles. The number of carbonyl (C=O) groups is 6. The number of azide groups is 1. The molecule has 1 saturated heterocycles. The number of fused-ring (bicyclic) bond motifs is 1. The molecule has 0 spiro atoms. The van der Waals surface area contributed by atoms with Crippen LogP contribution >= 0.6 is 0 Å². The molecule has 5 aromatic rings. The van der Waals surface area contributed by atoms with E-state index in [1.165, 1.54) is 35.0 Å². The minimum atomic E-state index is -1.03. The van der Waals surface area contributed by atoms with Crippen molar-refractivity contribution in [1.29, 1.82) is 10.8 Å². The van der Waals surface area contributed by atoms with Crippen LogP contribution in [0, 0.1) is 10.8 Å². The Morgan fingerprint density at radius 1 is 0.680 bits per heavy atom. The summed E-state index contributed by atoms with van der Waals surface area (Å²) in [6, 6.07) is 20.7. The first kappa shape index (κ1) is 79.6. The molecule has 30 heteroatoms. The molecule has 3 aliphatic carbocycles. The van der Waals surface area contributed by atoms with Gasteiger partial charge in [-0.15, -0.1) is 0 Å². The second-order valence-corrected chi connectivity index (χ2v) is 26.8. The van der Waals surface area contributed by atoms with E-state index in [0.29, 0.717) is 55.6 Å². The Labute approximate surface area is 603 Å². The Morgan fingerprint density at radius 3 is 1.66 bits per heavy atom. The zero-order chi connectivity index (χ0) is 73.7. The summed E-state index contributed by atoms with van der Waals surface area (Å²) in [5.74, 6) is -2.62. The van der Waals surface area contributed by atoms with Crippen LogP contribution in [0.4, 0.5) is 17.1 Å². The molecule has 2 bridgehead atoms. The smallest absolute Gasteiger partial charge is 0.422 e. The third-order valence-corrected chi connectivity index (χ3v) is 19.5. The largest absolute Gasteiger partial charge is 0.556 e. The van der Waals surface area contributed by atoms with Crippen LogP contribution in [-0.2, 0) is 55.2 Å². The van der Waals surface area contributed by atoms with Crippen molar-refractivity contribution in [3.8, 4) is 0 Å². The molecule has 1 aromatic heterocycles. The van der Waals surface area contributed by atoms with Crippen molar-refractivity contribution in [3.05, 3.63) is 143 Å². The molecule has 4 aromatic carbocycles. The molecule has 6 amide bonds. The quantitative estimate of drug-likeness (QED) is 0.00362. The fourth-order valence-electron chi connectivity index (χ4n) is 14.1. The SMILES string of the molecule is CB(O)NCCCCCCCC(=O)Nc1ccc2c(c1)C1(CCC(=O)N(C)CCOCCOCCN(C)C(=O)C3CC(N=[N+]=[N-])CN3C(=O)c3ccc4c(=O)oc(=O)n(C)c4c3)c3cc(NC(=O)CCCCCCC[B]OC=N)ccc3C2c2ccc(NC(=O)CCCCCCC[B]OC=N)cc21. The van der Waals surface area contributed by atoms with Gasteiger partial charge in [-0.1, -0.05) is 93.9 Å². The van der Waals surface area contributed by atoms with Crippen molar-refractivity contribution in [1.82, 2.24) is 24.5 Å². The van der Waals surface area contributed by atoms with Crippen LogP contribution in [0.25, 0.3) is 21.3 Å². The van der Waals surface area contributed by atoms with Crippen molar-refractivity contribution < 1.29 is 57.0 Å². The van der Waals surface area contributed by atoms with Gasteiger partial charge in [0.2, 0.25) is 29.5 Å². The molecule has 2 unspecified atom stereocenters. The predicted octanol–water partition coefficient (Wildman–Crippen LogP) is 9.82. The highest BCUT2D eigenvalue weighted by Gasteiger charge is 2.52. The van der Waals surface area contributed by atoms with E-state index in [1.807, 2.05) is 36.4 Å². The minimum absolute atomic E-state index is 0.0287. The second kappa shape index (κ2) is 40.7. The molecule has 2 heterocycles. The lowest BCUT2D eigenvalue weighted by Gasteiger charge is -2.51. The number of hydrogen-bond acceptors (Lipinski definition) is 18. The van der Waals surface area contributed by atoms with Crippen LogP contribution < -0.4 is 32.6 Å². The van der Waals surface area contributed by atoms with Crippen LogP contribution in [0.5, 0.6) is 0 Å². The molecule has 1 fully saturated rings. The van der Waals surface area contributed by atoms with Crippen molar-refractivity contribution in [2.24, 2.45) is 12.2 Å². The fraction of sp³-hybridized carbons (Fsp3) is 0.534. The molecule has 1 aliphatic heterocycles. The number of benzene rings is 4. The first-order valence-electron chi connectivity index (χ1n) is 36.2. The Balaban J connectivity index is 0.943. The fourth-order valence-corrected chi connectivity index (χ4v) is 14.1. The van der Waals surface area contributed by atoms with E-state index in [1.54, 1.807) is 40.8 Å². The summed E-state index contributed by atoms with van der Waals surface area (Å²) in [4.78, 5) is 116. The number of unbranched alkanes of at least 4 members (excludes halogenated alkanes) is 12. The maximum atomic E-state index is 14.7. The van der Waals surface area contributed by atoms with Gasteiger partial charge in [0.15, 0.2) is 0 Å². The summed E-state index contributed by atoms with van der Waals surface area (Å²) >= 11 is 0. The van der Waals surface area contributed by atoms with Crippen molar-refractivity contribution in [2.45, 2.75) is 178 Å². The van der Waals surface area contributed by atoms with Crippen LogP contribution in [-0.4, -0.2) is 173 Å². The second-order valence-electron chi connectivity index (χ2n) is 26.8. The van der Waals surface area contributed by atoms with Crippen LogP contribution in [0.3, 0.4) is 0 Å². The Hall–Kier alpha value is -9.08. The Kier molecular flexibility index (Phi) is 31.5. The highest BCUT2D eigenvalue weighted by molar-refractivity contribution is 6.45. The molecule has 27 nitrogen and oxygen atoms in total. The highest BCUT2D eigenvalue weighted by Crippen LogP contribution is 2.62. The maximum Gasteiger partial charge on any atom is 0.422 e. The number of rotatable bonds is 47. The summed E-state index contributed by atoms with van der Waals surface area (Å²) in [7, 11) is 7.40. The van der Waals surface area contributed by atoms with Gasteiger partial charge < -0.3 is 64.1 Å². The first-order chi connectivity index (χ1) is 49.9. The number of hydrogen-bond donors (Lipinski definition) is 7. The number of aryl methyl sites for hydroxylation is 1. The number of nitrogens with zero attached hydrogens (tertiary/aromatic N) is 7. The van der Waals surface area contributed by atoms with Crippen molar-refractivity contribution >= 4 is 98.2 Å². The summed E-state index contributed by atoms with van der Waals surface area (Å²) < 4.78 is 27.5. The average molecular weight is 1410 g/mol. The van der Waals surface area contributed by atoms with Gasteiger partial charge in [0.05, 0.1) is 43.4 Å². The molecule has 4 aliphatic rings. The number of amides is 6. The van der Waals surface area contributed by atoms with Gasteiger partial charge in [-0.3, -0.25) is 44.2 Å². The third-order valence-electron chi connectivity index (χ3n) is 19.5. The number of carbonyl (C=O) groups excluding carboxylic acids is 6. The summed E-state index contributed by atoms with van der Waals surface area (Å²) in [6.45, 7) is 3.45. The van der Waals surface area contributed by atoms with Gasteiger partial charge in [-0.2, -0.15) is 0 Å². The zero-order valence-electron chi connectivity index (χ0n) is 59.9. The highest BCUT2D eigenvalue weighted by atomic mass is 16.5. The average Bonchev–Trinajstić information content (AvgIpc) is 0.930. The number of aromatic nitrogens is 1. The normalized spacial score (nSPS) is 15.9. The summed E-state index contributed by atoms with van der Waals surface area (Å²) in [6.07, 6.45) is 18.1. The van der Waals surface area contributed by atoms with Crippen molar-refractivity contribution in [2.75, 3.05) is 82.7 Å². The number of likely N-dealkylation sites (N-methyl/N-ethyl adjacent to an activating group) is 2. The number of anilines is 3. The Bertz CT molecular complexity index is 3830. The topological polar surface area (TPSA) is 366 Å². The van der Waals surface area contributed by atoms with E-state index in [0.717, 1.165) is 147 Å². The molecule has 2 radical (unpaired) electrons. The zero-order valence-corrected chi connectivity index (χ0v) is 59.9. The number of likely N-dealkylation sites (tertiary alicyclic amines) is 1. The maximum absolute atomic E-state index is 14.7. The monoisotopic (exact) mass is 1410 g/mol. The standard InChI is InChI=1S/C73H98B3N13O14/c1-76(98)80-35-19-13-7-10-16-22-66(92)83-53-26-30-57-61(45-53)73(32-31-67(93)86(2)36-38-99-40-41-100-39-37-87(3)70(95)63-46-54(84-85-79)47-89(63)69(94)50-23-27-58-62(42-50)88(4)72(97)103-71(58)96)59-43-51(81-64(90)20-14-8-5-11-17-33-74-101-48-77)24-28-55(59)68(57)56-29-25-52(44-60(56)73)82-65(91)21-15-9-6-12-18-34-75-102-49-78/h23-30,42-45,48-49,54,63,68,77-78,80,98H,5-22,31-41,46-47H2,1-4H3,(H,81,90)(H,82,91)(H,83,92). The van der Waals surface area contributed by atoms with Crippen LogP contribution in [0.2, 0.25) is 19.5 Å². The van der Waals surface area contributed by atoms with E-state index < -0.39 is 47.7 Å². The third kappa shape index (κ3) is 22.2. The van der Waals surface area contributed by atoms with E-state index in [9.17, 15) is 48.9 Å². The molecule has 103 heavy (non-hydrogen) atoms. The lowest BCUT2D eigenvalue weighted by atomic mass is 9.51. The number of ether oxygens (including phenoxy) is 2. The van der Waals surface area contributed by atoms with Gasteiger partial charge >= 0.3 is 33.4 Å². The molecular weight excluding hydrogens is 1320 g/mol. The first-order valence-corrected chi connectivity index (χ1v) is 36.2. The molecule has 9 rings (SSSR count). The van der Waals surface area contributed by atoms with E-state index >= 15 is 0 Å². The van der Waals surface area contributed by atoms with Crippen LogP contribution in [0.1, 0.15) is 184 Å². The van der Waals surface area contributed by atoms with Gasteiger partial charge in [-0.05, 0) is 158 Å². The molecule has 548 valence electrons. The van der Waals surface area contributed by atoms with E-state index in [-0.39, 0.29) is 111 Å². The lowest BCUT2D eigenvalue weighted by molar-refractivity contribution is -0.135. The molecule has 2 atom stereocenters. The Morgan fingerprint density at radius 2 is 1.17 bits per heavy atom. The predicted molar refractivity (Wildman–Crippen MR) is 398 cm³/mol. The van der Waals surface area contributed by atoms with Gasteiger partial charge in [0.25, 0.3) is 5.91 Å². The van der Waals surface area contributed by atoms with E-state index in [4.69, 9.17) is 34.0 Å².